The van der Waals surface area contributed by atoms with E-state index in [9.17, 15) is 9.18 Å². The number of amides is 1. The largest absolute Gasteiger partial charge is 0.369 e. The van der Waals surface area contributed by atoms with Crippen LogP contribution in [0.3, 0.4) is 0 Å². The van der Waals surface area contributed by atoms with E-state index in [0.717, 1.165) is 48.9 Å². The van der Waals surface area contributed by atoms with Crippen molar-refractivity contribution in [3.8, 4) is 0 Å². The fourth-order valence-electron chi connectivity index (χ4n) is 4.03. The number of pyridine rings is 1. The van der Waals surface area contributed by atoms with Crippen LogP contribution < -0.4 is 20.9 Å². The van der Waals surface area contributed by atoms with Crippen LogP contribution in [0.15, 0.2) is 79.0 Å². The summed E-state index contributed by atoms with van der Waals surface area (Å²) in [5, 5.41) is 10.3. The summed E-state index contributed by atoms with van der Waals surface area (Å²) in [7, 11) is 0. The molecule has 0 aliphatic carbocycles. The Hall–Kier alpha value is -3.97. The van der Waals surface area contributed by atoms with Crippen molar-refractivity contribution in [3.05, 3.63) is 90.4 Å². The molecule has 3 aromatic carbocycles. The lowest BCUT2D eigenvalue weighted by Crippen LogP contribution is -2.43. The summed E-state index contributed by atoms with van der Waals surface area (Å²) in [4.78, 5) is 19.5. The predicted molar refractivity (Wildman–Crippen MR) is 131 cm³/mol. The van der Waals surface area contributed by atoms with Crippen LogP contribution in [0.2, 0.25) is 0 Å². The highest BCUT2D eigenvalue weighted by Gasteiger charge is 2.12. The highest BCUT2D eigenvalue weighted by molar-refractivity contribution is 6.05. The molecule has 1 amide bonds. The molecule has 1 aliphatic rings. The van der Waals surface area contributed by atoms with E-state index >= 15 is 0 Å². The second kappa shape index (κ2) is 9.26. The van der Waals surface area contributed by atoms with Crippen molar-refractivity contribution in [1.29, 1.82) is 0 Å². The van der Waals surface area contributed by atoms with Crippen molar-refractivity contribution in [3.63, 3.8) is 0 Å². The highest BCUT2D eigenvalue weighted by Crippen LogP contribution is 2.27. The number of nitrogens with one attached hydrogen (secondary N) is 3. The molecule has 0 radical (unpaired) electrons. The summed E-state index contributed by atoms with van der Waals surface area (Å²) >= 11 is 0. The molecule has 2 heterocycles. The number of aromatic nitrogens is 1. The maximum Gasteiger partial charge on any atom is 0.255 e. The summed E-state index contributed by atoms with van der Waals surface area (Å²) in [6, 6.07) is 21.4. The molecule has 4 aromatic rings. The Morgan fingerprint density at radius 2 is 1.76 bits per heavy atom. The zero-order chi connectivity index (χ0) is 22.6. The molecule has 166 valence electrons. The van der Waals surface area contributed by atoms with E-state index in [0.29, 0.717) is 16.5 Å². The molecule has 0 unspecified atom stereocenters. The molecule has 33 heavy (non-hydrogen) atoms. The minimum atomic E-state index is -0.324. The number of hydrogen-bond donors (Lipinski definition) is 3. The number of halogens is 1. The van der Waals surface area contributed by atoms with Gasteiger partial charge in [-0.05, 0) is 60.7 Å². The van der Waals surface area contributed by atoms with Gasteiger partial charge in [0.1, 0.15) is 5.82 Å². The van der Waals surface area contributed by atoms with E-state index in [-0.39, 0.29) is 11.7 Å². The molecule has 0 spiro atoms. The first-order chi connectivity index (χ1) is 16.2. The fraction of sp³-hybridized carbons (Fsp3) is 0.154. The molecular formula is C26H24FN5O. The van der Waals surface area contributed by atoms with E-state index in [2.05, 4.69) is 31.9 Å². The smallest absolute Gasteiger partial charge is 0.255 e. The van der Waals surface area contributed by atoms with Gasteiger partial charge in [0.15, 0.2) is 0 Å². The highest BCUT2D eigenvalue weighted by atomic mass is 19.1. The first kappa shape index (κ1) is 20.9. The molecule has 5 rings (SSSR count). The van der Waals surface area contributed by atoms with E-state index in [1.54, 1.807) is 30.5 Å². The van der Waals surface area contributed by atoms with Crippen LogP contribution in [0, 0.1) is 5.82 Å². The van der Waals surface area contributed by atoms with Crippen LogP contribution in [0.5, 0.6) is 0 Å². The molecule has 0 atom stereocenters. The Bertz CT molecular complexity index is 1300. The van der Waals surface area contributed by atoms with Crippen LogP contribution >= 0.6 is 0 Å². The van der Waals surface area contributed by atoms with Crippen LogP contribution in [0.25, 0.3) is 10.9 Å². The summed E-state index contributed by atoms with van der Waals surface area (Å²) < 4.78 is 13.8. The van der Waals surface area contributed by atoms with Gasteiger partial charge in [0.2, 0.25) is 0 Å². The van der Waals surface area contributed by atoms with E-state index in [1.807, 2.05) is 30.3 Å². The lowest BCUT2D eigenvalue weighted by atomic mass is 10.1. The topological polar surface area (TPSA) is 69.3 Å². The van der Waals surface area contributed by atoms with E-state index < -0.39 is 0 Å². The lowest BCUT2D eigenvalue weighted by Gasteiger charge is -2.29. The first-order valence-corrected chi connectivity index (χ1v) is 10.9. The third kappa shape index (κ3) is 4.78. The lowest BCUT2D eigenvalue weighted by molar-refractivity contribution is 0.102. The third-order valence-corrected chi connectivity index (χ3v) is 5.69. The summed E-state index contributed by atoms with van der Waals surface area (Å²) in [5.74, 6) is -0.517. The average molecular weight is 442 g/mol. The van der Waals surface area contributed by atoms with E-state index in [1.165, 1.54) is 12.1 Å². The quantitative estimate of drug-likeness (QED) is 0.416. The van der Waals surface area contributed by atoms with Crippen molar-refractivity contribution in [2.24, 2.45) is 0 Å². The predicted octanol–water partition coefficient (Wildman–Crippen LogP) is 4.78. The zero-order valence-corrected chi connectivity index (χ0v) is 18.0. The first-order valence-electron chi connectivity index (χ1n) is 10.9. The molecule has 1 aliphatic heterocycles. The Kier molecular flexibility index (Phi) is 5.87. The van der Waals surface area contributed by atoms with Crippen molar-refractivity contribution in [2.45, 2.75) is 0 Å². The van der Waals surface area contributed by atoms with E-state index in [4.69, 9.17) is 0 Å². The maximum atomic E-state index is 13.8. The molecule has 0 saturated carbocycles. The Labute approximate surface area is 191 Å². The SMILES string of the molecule is O=C(Nc1cccc(N2CCNCC2)c1)c1cccc(Nc2ccnc3ccc(F)cc23)c1. The number of hydrogen-bond acceptors (Lipinski definition) is 5. The minimum Gasteiger partial charge on any atom is -0.369 e. The fourth-order valence-corrected chi connectivity index (χ4v) is 4.03. The minimum absolute atomic E-state index is 0.193. The van der Waals surface area contributed by atoms with Crippen LogP contribution in [0.4, 0.5) is 27.1 Å². The molecule has 1 aromatic heterocycles. The normalized spacial score (nSPS) is 13.7. The molecule has 3 N–H and O–H groups in total. The van der Waals surface area contributed by atoms with Gasteiger partial charge in [-0.3, -0.25) is 9.78 Å². The van der Waals surface area contributed by atoms with Gasteiger partial charge in [-0.2, -0.15) is 0 Å². The van der Waals surface area contributed by atoms with Crippen molar-refractivity contribution in [1.82, 2.24) is 10.3 Å². The molecule has 1 saturated heterocycles. The molecular weight excluding hydrogens is 417 g/mol. The van der Waals surface area contributed by atoms with Crippen molar-refractivity contribution in [2.75, 3.05) is 41.7 Å². The number of carbonyl (C=O) groups excluding carboxylic acids is 1. The number of rotatable bonds is 5. The van der Waals surface area contributed by atoms with Gasteiger partial charge in [-0.15, -0.1) is 0 Å². The molecule has 0 bridgehead atoms. The molecule has 7 heteroatoms. The summed E-state index contributed by atoms with van der Waals surface area (Å²) in [5.41, 5.74) is 4.53. The van der Waals surface area contributed by atoms with Gasteiger partial charge >= 0.3 is 0 Å². The van der Waals surface area contributed by atoms with Crippen LogP contribution in [-0.4, -0.2) is 37.1 Å². The number of carbonyl (C=O) groups is 1. The second-order valence-corrected chi connectivity index (χ2v) is 7.97. The number of benzene rings is 3. The van der Waals surface area contributed by atoms with Gasteiger partial charge in [-0.25, -0.2) is 4.39 Å². The van der Waals surface area contributed by atoms with Crippen molar-refractivity contribution >= 4 is 39.6 Å². The van der Waals surface area contributed by atoms with Gasteiger partial charge < -0.3 is 20.9 Å². The Balaban J connectivity index is 1.33. The molecule has 6 nitrogen and oxygen atoms in total. The van der Waals surface area contributed by atoms with Gasteiger partial charge in [0.05, 0.1) is 5.52 Å². The van der Waals surface area contributed by atoms with Gasteiger partial charge in [0, 0.05) is 66.1 Å². The summed E-state index contributed by atoms with van der Waals surface area (Å²) in [6.45, 7) is 3.79. The average Bonchev–Trinajstić information content (AvgIpc) is 2.85. The third-order valence-electron chi connectivity index (χ3n) is 5.69. The van der Waals surface area contributed by atoms with Gasteiger partial charge in [0.25, 0.3) is 5.91 Å². The standard InChI is InChI=1S/C26H24FN5O/c27-19-7-8-24-23(16-19)25(9-10-29-24)30-20-4-1-3-18(15-20)26(33)31-21-5-2-6-22(17-21)32-13-11-28-12-14-32/h1-10,15-17,28H,11-14H2,(H,29,30)(H,31,33). The molecule has 1 fully saturated rings. The number of piperazine rings is 1. The van der Waals surface area contributed by atoms with Crippen LogP contribution in [-0.2, 0) is 0 Å². The number of anilines is 4. The summed E-state index contributed by atoms with van der Waals surface area (Å²) in [6.07, 6.45) is 1.67. The second-order valence-electron chi connectivity index (χ2n) is 7.97. The zero-order valence-electron chi connectivity index (χ0n) is 18.0. The Morgan fingerprint density at radius 3 is 2.64 bits per heavy atom. The van der Waals surface area contributed by atoms with Crippen molar-refractivity contribution < 1.29 is 9.18 Å². The number of nitrogens with zero attached hydrogens (tertiary/aromatic N) is 2. The van der Waals surface area contributed by atoms with Crippen LogP contribution in [0.1, 0.15) is 10.4 Å². The monoisotopic (exact) mass is 441 g/mol. The Morgan fingerprint density at radius 1 is 0.939 bits per heavy atom. The maximum absolute atomic E-state index is 13.8. The number of fused-ring (bicyclic) bond motifs is 1. The van der Waals surface area contributed by atoms with Gasteiger partial charge in [-0.1, -0.05) is 12.1 Å².